The van der Waals surface area contributed by atoms with Crippen molar-refractivity contribution in [1.29, 1.82) is 0 Å². The quantitative estimate of drug-likeness (QED) is 0.507. The van der Waals surface area contributed by atoms with Crippen LogP contribution in [0.4, 0.5) is 0 Å². The minimum absolute atomic E-state index is 0.590. The van der Waals surface area contributed by atoms with Crippen LogP contribution >= 0.6 is 0 Å². The first kappa shape index (κ1) is 17.2. The maximum Gasteiger partial charge on any atom is 0.119 e. The molecule has 2 rings (SSSR count). The van der Waals surface area contributed by atoms with E-state index < -0.39 is 0 Å². The predicted molar refractivity (Wildman–Crippen MR) is 95.5 cm³/mol. The third-order valence-electron chi connectivity index (χ3n) is 3.39. The van der Waals surface area contributed by atoms with Crippen LogP contribution in [-0.2, 0) is 11.3 Å². The standard InChI is InChI=1S/C20H25NO2/c1-3-22-13-5-12-21-15-18-8-10-20(11-9-18)23-16-19-7-4-6-17(2)14-19/h4,6-11,14-15H,3,5,12-13,16H2,1-2H3. The van der Waals surface area contributed by atoms with Gasteiger partial charge < -0.3 is 9.47 Å². The van der Waals surface area contributed by atoms with E-state index >= 15 is 0 Å². The van der Waals surface area contributed by atoms with Crippen LogP contribution in [-0.4, -0.2) is 26.0 Å². The lowest BCUT2D eigenvalue weighted by Gasteiger charge is -2.07. The van der Waals surface area contributed by atoms with Gasteiger partial charge in [-0.1, -0.05) is 29.8 Å². The Kier molecular flexibility index (Phi) is 7.34. The van der Waals surface area contributed by atoms with Gasteiger partial charge >= 0.3 is 0 Å². The Morgan fingerprint density at radius 3 is 2.65 bits per heavy atom. The largest absolute Gasteiger partial charge is 0.489 e. The van der Waals surface area contributed by atoms with E-state index in [-0.39, 0.29) is 0 Å². The number of nitrogens with zero attached hydrogens (tertiary/aromatic N) is 1. The molecule has 3 nitrogen and oxygen atoms in total. The van der Waals surface area contributed by atoms with E-state index in [2.05, 4.69) is 36.2 Å². The van der Waals surface area contributed by atoms with E-state index in [1.807, 2.05) is 37.4 Å². The summed E-state index contributed by atoms with van der Waals surface area (Å²) in [4.78, 5) is 4.40. The summed E-state index contributed by atoms with van der Waals surface area (Å²) < 4.78 is 11.1. The smallest absolute Gasteiger partial charge is 0.119 e. The third-order valence-corrected chi connectivity index (χ3v) is 3.39. The van der Waals surface area contributed by atoms with Gasteiger partial charge in [-0.2, -0.15) is 0 Å². The van der Waals surface area contributed by atoms with Crippen molar-refractivity contribution in [3.05, 3.63) is 65.2 Å². The van der Waals surface area contributed by atoms with Crippen LogP contribution in [0.1, 0.15) is 30.0 Å². The highest BCUT2D eigenvalue weighted by atomic mass is 16.5. The Morgan fingerprint density at radius 2 is 1.91 bits per heavy atom. The van der Waals surface area contributed by atoms with Crippen molar-refractivity contribution in [2.75, 3.05) is 19.8 Å². The normalized spacial score (nSPS) is 11.0. The van der Waals surface area contributed by atoms with Gasteiger partial charge in [0.1, 0.15) is 12.4 Å². The van der Waals surface area contributed by atoms with Gasteiger partial charge in [-0.25, -0.2) is 0 Å². The molecule has 3 heteroatoms. The van der Waals surface area contributed by atoms with Crippen LogP contribution < -0.4 is 4.74 Å². The molecule has 23 heavy (non-hydrogen) atoms. The summed E-state index contributed by atoms with van der Waals surface area (Å²) in [6.45, 7) is 7.03. The molecule has 0 fully saturated rings. The second-order valence-electron chi connectivity index (χ2n) is 5.43. The van der Waals surface area contributed by atoms with Gasteiger partial charge in [-0.05, 0) is 55.7 Å². The lowest BCUT2D eigenvalue weighted by atomic mass is 10.1. The topological polar surface area (TPSA) is 30.8 Å². The zero-order valence-corrected chi connectivity index (χ0v) is 14.0. The Labute approximate surface area is 139 Å². The SMILES string of the molecule is CCOCCCN=Cc1ccc(OCc2cccc(C)c2)cc1. The number of aliphatic imine (C=N–C) groups is 1. The molecular formula is C20H25NO2. The number of rotatable bonds is 9. The van der Waals surface area contributed by atoms with Crippen LogP contribution in [0.3, 0.4) is 0 Å². The average Bonchev–Trinajstić information content (AvgIpc) is 2.57. The van der Waals surface area contributed by atoms with Crippen LogP contribution in [0.25, 0.3) is 0 Å². The molecule has 0 unspecified atom stereocenters. The van der Waals surface area contributed by atoms with Crippen LogP contribution in [0, 0.1) is 6.92 Å². The fourth-order valence-electron chi connectivity index (χ4n) is 2.19. The van der Waals surface area contributed by atoms with Crippen LogP contribution in [0.2, 0.25) is 0 Å². The van der Waals surface area contributed by atoms with Gasteiger partial charge in [0.15, 0.2) is 0 Å². The summed E-state index contributed by atoms with van der Waals surface area (Å²) in [6, 6.07) is 16.4. The average molecular weight is 311 g/mol. The molecule has 0 aliphatic carbocycles. The van der Waals surface area contributed by atoms with Gasteiger partial charge in [0.25, 0.3) is 0 Å². The zero-order valence-electron chi connectivity index (χ0n) is 14.0. The molecule has 0 spiro atoms. The van der Waals surface area contributed by atoms with Crippen molar-refractivity contribution in [1.82, 2.24) is 0 Å². The van der Waals surface area contributed by atoms with Gasteiger partial charge in [-0.15, -0.1) is 0 Å². The summed E-state index contributed by atoms with van der Waals surface area (Å²) in [5.41, 5.74) is 3.52. The second kappa shape index (κ2) is 9.80. The molecule has 0 heterocycles. The highest BCUT2D eigenvalue weighted by Gasteiger charge is 1.97. The van der Waals surface area contributed by atoms with Crippen LogP contribution in [0.5, 0.6) is 5.75 Å². The minimum Gasteiger partial charge on any atom is -0.489 e. The van der Waals surface area contributed by atoms with E-state index in [0.717, 1.165) is 37.5 Å². The monoisotopic (exact) mass is 311 g/mol. The Hall–Kier alpha value is -2.13. The summed E-state index contributed by atoms with van der Waals surface area (Å²) >= 11 is 0. The third kappa shape index (κ3) is 6.66. The minimum atomic E-state index is 0.590. The molecule has 2 aromatic rings. The van der Waals surface area contributed by atoms with Crippen molar-refractivity contribution in [2.45, 2.75) is 26.9 Å². The first-order chi connectivity index (χ1) is 11.3. The first-order valence-corrected chi connectivity index (χ1v) is 8.14. The summed E-state index contributed by atoms with van der Waals surface area (Å²) in [7, 11) is 0. The van der Waals surface area contributed by atoms with Crippen molar-refractivity contribution in [3.8, 4) is 5.75 Å². The lowest BCUT2D eigenvalue weighted by molar-refractivity contribution is 0.146. The molecule has 0 bridgehead atoms. The van der Waals surface area contributed by atoms with E-state index in [4.69, 9.17) is 9.47 Å². The maximum atomic E-state index is 5.81. The number of aryl methyl sites for hydroxylation is 1. The van der Waals surface area contributed by atoms with Gasteiger partial charge in [0.2, 0.25) is 0 Å². The molecule has 0 saturated heterocycles. The van der Waals surface area contributed by atoms with Crippen molar-refractivity contribution >= 4 is 6.21 Å². The lowest BCUT2D eigenvalue weighted by Crippen LogP contribution is -1.96. The van der Waals surface area contributed by atoms with Gasteiger partial charge in [0, 0.05) is 26.0 Å². The summed E-state index contributed by atoms with van der Waals surface area (Å²) in [5, 5.41) is 0. The molecule has 0 amide bonds. The number of ether oxygens (including phenoxy) is 2. The number of benzene rings is 2. The Morgan fingerprint density at radius 1 is 1.09 bits per heavy atom. The molecule has 0 aromatic heterocycles. The fourth-order valence-corrected chi connectivity index (χ4v) is 2.19. The van der Waals surface area contributed by atoms with E-state index in [1.54, 1.807) is 0 Å². The second-order valence-corrected chi connectivity index (χ2v) is 5.43. The molecule has 0 aliphatic rings. The Bertz CT molecular complexity index is 605. The maximum absolute atomic E-state index is 5.81. The molecule has 0 aliphatic heterocycles. The molecular weight excluding hydrogens is 286 g/mol. The molecule has 0 atom stereocenters. The molecule has 122 valence electrons. The first-order valence-electron chi connectivity index (χ1n) is 8.14. The van der Waals surface area contributed by atoms with E-state index in [1.165, 1.54) is 11.1 Å². The van der Waals surface area contributed by atoms with E-state index in [9.17, 15) is 0 Å². The van der Waals surface area contributed by atoms with Gasteiger partial charge in [-0.3, -0.25) is 4.99 Å². The van der Waals surface area contributed by atoms with Crippen molar-refractivity contribution in [2.24, 2.45) is 4.99 Å². The fraction of sp³-hybridized carbons (Fsp3) is 0.350. The molecule has 2 aromatic carbocycles. The molecule has 0 radical (unpaired) electrons. The van der Waals surface area contributed by atoms with Crippen molar-refractivity contribution < 1.29 is 9.47 Å². The van der Waals surface area contributed by atoms with Gasteiger partial charge in [0.05, 0.1) is 0 Å². The highest BCUT2D eigenvalue weighted by Crippen LogP contribution is 2.14. The highest BCUT2D eigenvalue weighted by molar-refractivity contribution is 5.79. The number of hydrogen-bond donors (Lipinski definition) is 0. The number of hydrogen-bond acceptors (Lipinski definition) is 3. The summed E-state index contributed by atoms with van der Waals surface area (Å²) in [6.07, 6.45) is 2.86. The van der Waals surface area contributed by atoms with Crippen molar-refractivity contribution in [3.63, 3.8) is 0 Å². The molecule has 0 N–H and O–H groups in total. The zero-order chi connectivity index (χ0) is 16.3. The Balaban J connectivity index is 1.76. The van der Waals surface area contributed by atoms with Crippen LogP contribution in [0.15, 0.2) is 53.5 Å². The van der Waals surface area contributed by atoms with E-state index in [0.29, 0.717) is 6.61 Å². The predicted octanol–water partition coefficient (Wildman–Crippen LogP) is 4.42. The molecule has 0 saturated carbocycles. The summed E-state index contributed by atoms with van der Waals surface area (Å²) in [5.74, 6) is 0.875.